The quantitative estimate of drug-likeness (QED) is 0.165. The monoisotopic (exact) mass is 607 g/mol. The lowest BCUT2D eigenvalue weighted by atomic mass is 9.99. The van der Waals surface area contributed by atoms with Crippen molar-refractivity contribution < 1.29 is 19.5 Å². The molecule has 1 aliphatic rings. The number of carbonyl (C=O) groups is 2. The normalized spacial score (nSPS) is 13.2. The molecule has 5 N–H and O–H groups in total. The van der Waals surface area contributed by atoms with Gasteiger partial charge >= 0.3 is 0 Å². The Labute approximate surface area is 259 Å². The number of aromatic nitrogens is 2. The largest absolute Gasteiger partial charge is 0.484 e. The van der Waals surface area contributed by atoms with Crippen LogP contribution >= 0.6 is 0 Å². The van der Waals surface area contributed by atoms with E-state index in [-0.39, 0.29) is 30.7 Å². The standard InChI is InChI=1S/C33H33N7O5/c1-39-32(43)29(30(24-6-2-21(18-34)3-7-24)37-33(39)40-16-14-26(35)15-17-40)23-10-12-27(13-11-23)45-20-28(41)36-19-22-4-8-25(9-5-22)31(42)38-44/h2-13,26,44H,14-17,19-20,35H2,1H3,(H,36,41)(H,38,42). The fourth-order valence-electron chi connectivity index (χ4n) is 5.10. The third-order valence-electron chi connectivity index (χ3n) is 7.70. The van der Waals surface area contributed by atoms with Crippen molar-refractivity contribution in [2.24, 2.45) is 12.8 Å². The van der Waals surface area contributed by atoms with E-state index in [1.54, 1.807) is 77.8 Å². The summed E-state index contributed by atoms with van der Waals surface area (Å²) in [5.74, 6) is 0.0469. The molecule has 0 radical (unpaired) electrons. The number of amides is 2. The van der Waals surface area contributed by atoms with Crippen LogP contribution in [-0.2, 0) is 18.4 Å². The zero-order valence-electron chi connectivity index (χ0n) is 24.7. The Bertz CT molecular complexity index is 1770. The first-order valence-electron chi connectivity index (χ1n) is 14.4. The van der Waals surface area contributed by atoms with Gasteiger partial charge in [0.2, 0.25) is 5.95 Å². The number of anilines is 1. The van der Waals surface area contributed by atoms with Gasteiger partial charge in [0.1, 0.15) is 5.75 Å². The number of nitrogens with one attached hydrogen (secondary N) is 2. The van der Waals surface area contributed by atoms with Gasteiger partial charge in [0.05, 0.1) is 22.9 Å². The maximum atomic E-state index is 13.9. The molecule has 0 saturated carbocycles. The summed E-state index contributed by atoms with van der Waals surface area (Å²) in [6, 6.07) is 22.5. The zero-order valence-corrected chi connectivity index (χ0v) is 24.7. The lowest BCUT2D eigenvalue weighted by Crippen LogP contribution is -2.42. The first kappa shape index (κ1) is 30.9. The van der Waals surface area contributed by atoms with Crippen molar-refractivity contribution >= 4 is 17.8 Å². The topological polar surface area (TPSA) is 176 Å². The van der Waals surface area contributed by atoms with Gasteiger partial charge < -0.3 is 20.7 Å². The average molecular weight is 608 g/mol. The van der Waals surface area contributed by atoms with Crippen LogP contribution in [0.25, 0.3) is 22.4 Å². The van der Waals surface area contributed by atoms with E-state index >= 15 is 0 Å². The summed E-state index contributed by atoms with van der Waals surface area (Å²) in [6.45, 7) is 1.40. The number of hydrogen-bond acceptors (Lipinski definition) is 9. The van der Waals surface area contributed by atoms with Crippen molar-refractivity contribution in [1.29, 1.82) is 5.26 Å². The van der Waals surface area contributed by atoms with Crippen LogP contribution < -0.4 is 31.7 Å². The second kappa shape index (κ2) is 13.9. The average Bonchev–Trinajstić information content (AvgIpc) is 3.08. The van der Waals surface area contributed by atoms with Crippen molar-refractivity contribution in [2.75, 3.05) is 24.6 Å². The summed E-state index contributed by atoms with van der Waals surface area (Å²) in [7, 11) is 1.71. The van der Waals surface area contributed by atoms with Crippen molar-refractivity contribution in [3.8, 4) is 34.2 Å². The number of hydrogen-bond donors (Lipinski definition) is 4. The van der Waals surface area contributed by atoms with Crippen LogP contribution in [0.2, 0.25) is 0 Å². The van der Waals surface area contributed by atoms with Gasteiger partial charge in [-0.25, -0.2) is 10.5 Å². The molecule has 1 saturated heterocycles. The van der Waals surface area contributed by atoms with E-state index in [1.807, 2.05) is 0 Å². The molecule has 2 amide bonds. The molecule has 3 aromatic carbocycles. The maximum absolute atomic E-state index is 13.9. The molecule has 1 fully saturated rings. The molecule has 1 aromatic heterocycles. The molecule has 12 nitrogen and oxygen atoms in total. The van der Waals surface area contributed by atoms with Gasteiger partial charge in [-0.1, -0.05) is 36.4 Å². The smallest absolute Gasteiger partial charge is 0.274 e. The molecule has 0 bridgehead atoms. The van der Waals surface area contributed by atoms with Gasteiger partial charge in [-0.15, -0.1) is 0 Å². The molecule has 5 rings (SSSR count). The number of benzene rings is 3. The van der Waals surface area contributed by atoms with Gasteiger partial charge in [-0.3, -0.25) is 24.2 Å². The van der Waals surface area contributed by atoms with E-state index < -0.39 is 5.91 Å². The number of rotatable bonds is 9. The van der Waals surface area contributed by atoms with Gasteiger partial charge in [0, 0.05) is 43.9 Å². The third-order valence-corrected chi connectivity index (χ3v) is 7.70. The fourth-order valence-corrected chi connectivity index (χ4v) is 5.10. The Morgan fingerprint density at radius 3 is 2.29 bits per heavy atom. The molecule has 2 heterocycles. The van der Waals surface area contributed by atoms with Crippen LogP contribution in [-0.4, -0.2) is 52.3 Å². The predicted octanol–water partition coefficient (Wildman–Crippen LogP) is 2.73. The minimum Gasteiger partial charge on any atom is -0.484 e. The maximum Gasteiger partial charge on any atom is 0.274 e. The number of nitrogens with two attached hydrogens (primary N) is 1. The van der Waals surface area contributed by atoms with Crippen molar-refractivity contribution in [1.82, 2.24) is 20.3 Å². The molecule has 230 valence electrons. The lowest BCUT2D eigenvalue weighted by Gasteiger charge is -2.32. The van der Waals surface area contributed by atoms with Gasteiger partial charge in [-0.05, 0) is 60.4 Å². The molecular weight excluding hydrogens is 574 g/mol. The Morgan fingerprint density at radius 2 is 1.67 bits per heavy atom. The van der Waals surface area contributed by atoms with E-state index in [0.717, 1.165) is 18.4 Å². The van der Waals surface area contributed by atoms with Crippen LogP contribution in [0.15, 0.2) is 77.6 Å². The van der Waals surface area contributed by atoms with Crippen molar-refractivity contribution in [3.63, 3.8) is 0 Å². The number of ether oxygens (including phenoxy) is 1. The number of piperidine rings is 1. The lowest BCUT2D eigenvalue weighted by molar-refractivity contribution is -0.123. The molecule has 0 spiro atoms. The SMILES string of the molecule is Cn1c(N2CCC(N)CC2)nc(-c2ccc(C#N)cc2)c(-c2ccc(OCC(=O)NCc3ccc(C(=O)NO)cc3)cc2)c1=O. The molecule has 1 aliphatic heterocycles. The highest BCUT2D eigenvalue weighted by atomic mass is 16.5. The summed E-state index contributed by atoms with van der Waals surface area (Å²) in [6.07, 6.45) is 1.61. The molecular formula is C33H33N7O5. The van der Waals surface area contributed by atoms with E-state index in [1.165, 1.54) is 12.1 Å². The second-order valence-corrected chi connectivity index (χ2v) is 10.7. The van der Waals surface area contributed by atoms with Crippen LogP contribution in [0.5, 0.6) is 5.75 Å². The molecule has 45 heavy (non-hydrogen) atoms. The Balaban J connectivity index is 1.32. The highest BCUT2D eigenvalue weighted by Crippen LogP contribution is 2.31. The fraction of sp³-hybridized carbons (Fsp3) is 0.242. The van der Waals surface area contributed by atoms with E-state index in [2.05, 4.69) is 16.3 Å². The zero-order chi connectivity index (χ0) is 31.9. The summed E-state index contributed by atoms with van der Waals surface area (Å²) in [5.41, 5.74) is 11.3. The third kappa shape index (κ3) is 7.18. The minimum absolute atomic E-state index is 0.128. The summed E-state index contributed by atoms with van der Waals surface area (Å²) in [4.78, 5) is 44.8. The number of carbonyl (C=O) groups excluding carboxylic acids is 2. The first-order valence-corrected chi connectivity index (χ1v) is 14.4. The predicted molar refractivity (Wildman–Crippen MR) is 168 cm³/mol. The Hall–Kier alpha value is -5.51. The number of hydroxylamine groups is 1. The summed E-state index contributed by atoms with van der Waals surface area (Å²) < 4.78 is 7.23. The van der Waals surface area contributed by atoms with E-state index in [4.69, 9.17) is 20.7 Å². The minimum atomic E-state index is -0.618. The molecule has 0 unspecified atom stereocenters. The van der Waals surface area contributed by atoms with Crippen molar-refractivity contribution in [3.05, 3.63) is 99.8 Å². The molecule has 4 aromatic rings. The Kier molecular flexibility index (Phi) is 9.52. The Morgan fingerprint density at radius 1 is 1.02 bits per heavy atom. The molecule has 0 atom stereocenters. The van der Waals surface area contributed by atoms with Crippen molar-refractivity contribution in [2.45, 2.75) is 25.4 Å². The molecule has 0 aliphatic carbocycles. The highest BCUT2D eigenvalue weighted by Gasteiger charge is 2.24. The van der Waals surface area contributed by atoms with Gasteiger partial charge in [-0.2, -0.15) is 5.26 Å². The van der Waals surface area contributed by atoms with Crippen LogP contribution in [0, 0.1) is 11.3 Å². The highest BCUT2D eigenvalue weighted by molar-refractivity contribution is 5.93. The second-order valence-electron chi connectivity index (χ2n) is 10.7. The van der Waals surface area contributed by atoms with Crippen LogP contribution in [0.1, 0.15) is 34.3 Å². The number of nitriles is 1. The number of nitrogens with zero attached hydrogens (tertiary/aromatic N) is 4. The summed E-state index contributed by atoms with van der Waals surface area (Å²) >= 11 is 0. The van der Waals surface area contributed by atoms with Gasteiger partial charge in [0.25, 0.3) is 17.4 Å². The van der Waals surface area contributed by atoms with Gasteiger partial charge in [0.15, 0.2) is 6.61 Å². The van der Waals surface area contributed by atoms with E-state index in [9.17, 15) is 19.6 Å². The summed E-state index contributed by atoms with van der Waals surface area (Å²) in [5, 5.41) is 20.7. The molecule has 12 heteroatoms. The van der Waals surface area contributed by atoms with Crippen LogP contribution in [0.3, 0.4) is 0 Å². The first-order chi connectivity index (χ1) is 21.8. The van der Waals surface area contributed by atoms with E-state index in [0.29, 0.717) is 58.3 Å². The van der Waals surface area contributed by atoms with Crippen LogP contribution in [0.4, 0.5) is 5.95 Å².